The Morgan fingerprint density at radius 2 is 2.24 bits per heavy atom. The van der Waals surface area contributed by atoms with Gasteiger partial charge in [-0.15, -0.1) is 0 Å². The van der Waals surface area contributed by atoms with Crippen LogP contribution in [0.2, 0.25) is 0 Å². The first kappa shape index (κ1) is 13.5. The van der Waals surface area contributed by atoms with Crippen LogP contribution in [0.1, 0.15) is 5.56 Å². The van der Waals surface area contributed by atoms with Gasteiger partial charge in [0.05, 0.1) is 6.07 Å². The van der Waals surface area contributed by atoms with E-state index in [1.54, 1.807) is 31.6 Å². The van der Waals surface area contributed by atoms with E-state index in [4.69, 9.17) is 5.26 Å². The Bertz CT molecular complexity index is 383. The number of aromatic nitrogens is 1. The van der Waals surface area contributed by atoms with Crippen molar-refractivity contribution in [2.45, 2.75) is 12.7 Å². The molecule has 0 bridgehead atoms. The number of nitrogens with zero attached hydrogens (tertiary/aromatic N) is 3. The van der Waals surface area contributed by atoms with Crippen LogP contribution in [0.15, 0.2) is 24.5 Å². The standard InChI is InChI=1S/C11H12F3N3/c1-17(7-9-3-2-4-16-6-9)8-10(5-15)11(12,13)14/h2-4,6,10H,7-8H2,1H3. The lowest BCUT2D eigenvalue weighted by atomic mass is 10.1. The molecule has 17 heavy (non-hydrogen) atoms. The highest BCUT2D eigenvalue weighted by molar-refractivity contribution is 5.08. The highest BCUT2D eigenvalue weighted by atomic mass is 19.4. The molecular weight excluding hydrogens is 231 g/mol. The van der Waals surface area contributed by atoms with Crippen LogP contribution in [-0.2, 0) is 6.54 Å². The summed E-state index contributed by atoms with van der Waals surface area (Å²) >= 11 is 0. The van der Waals surface area contributed by atoms with Crippen molar-refractivity contribution in [2.24, 2.45) is 5.92 Å². The third kappa shape index (κ3) is 4.41. The van der Waals surface area contributed by atoms with Crippen LogP contribution in [0, 0.1) is 17.2 Å². The molecule has 0 N–H and O–H groups in total. The number of halogens is 3. The smallest absolute Gasteiger partial charge is 0.300 e. The summed E-state index contributed by atoms with van der Waals surface area (Å²) in [6, 6.07) is 4.77. The van der Waals surface area contributed by atoms with E-state index in [0.717, 1.165) is 5.56 Å². The highest BCUT2D eigenvalue weighted by Gasteiger charge is 2.40. The fourth-order valence-electron chi connectivity index (χ4n) is 1.40. The summed E-state index contributed by atoms with van der Waals surface area (Å²) in [6.45, 7) is -0.00298. The molecule has 92 valence electrons. The molecule has 0 fully saturated rings. The maximum absolute atomic E-state index is 12.4. The molecule has 1 rings (SSSR count). The summed E-state index contributed by atoms with van der Waals surface area (Å²) in [6.07, 6.45) is -1.29. The summed E-state index contributed by atoms with van der Waals surface area (Å²) < 4.78 is 37.1. The van der Waals surface area contributed by atoms with Crippen LogP contribution in [0.3, 0.4) is 0 Å². The van der Waals surface area contributed by atoms with Gasteiger partial charge >= 0.3 is 6.18 Å². The van der Waals surface area contributed by atoms with Crippen LogP contribution in [0.25, 0.3) is 0 Å². The number of alkyl halides is 3. The molecule has 0 aromatic carbocycles. The average molecular weight is 243 g/mol. The van der Waals surface area contributed by atoms with Crippen LogP contribution in [0.4, 0.5) is 13.2 Å². The summed E-state index contributed by atoms with van der Waals surface area (Å²) in [5.74, 6) is -1.95. The molecule has 1 atom stereocenters. The van der Waals surface area contributed by atoms with Gasteiger partial charge in [-0.1, -0.05) is 6.07 Å². The number of hydrogen-bond donors (Lipinski definition) is 0. The topological polar surface area (TPSA) is 39.9 Å². The molecule has 6 heteroatoms. The molecule has 0 aliphatic carbocycles. The summed E-state index contributed by atoms with van der Waals surface area (Å²) in [4.78, 5) is 5.33. The largest absolute Gasteiger partial charge is 0.405 e. The average Bonchev–Trinajstić information content (AvgIpc) is 2.25. The normalized spacial score (nSPS) is 13.4. The lowest BCUT2D eigenvalue weighted by Gasteiger charge is -2.21. The second-order valence-electron chi connectivity index (χ2n) is 3.78. The van der Waals surface area contributed by atoms with E-state index in [-0.39, 0.29) is 6.54 Å². The van der Waals surface area contributed by atoms with Gasteiger partial charge in [0.25, 0.3) is 0 Å². The van der Waals surface area contributed by atoms with Gasteiger partial charge in [-0.3, -0.25) is 4.98 Å². The molecule has 1 heterocycles. The molecule has 0 amide bonds. The lowest BCUT2D eigenvalue weighted by Crippen LogP contribution is -2.33. The molecule has 1 unspecified atom stereocenters. The fraction of sp³-hybridized carbons (Fsp3) is 0.455. The maximum atomic E-state index is 12.4. The van der Waals surface area contributed by atoms with Crippen molar-refractivity contribution in [1.82, 2.24) is 9.88 Å². The van der Waals surface area contributed by atoms with E-state index in [1.807, 2.05) is 0 Å². The molecule has 0 saturated heterocycles. The Labute approximate surface area is 97.5 Å². The third-order valence-electron chi connectivity index (χ3n) is 2.22. The van der Waals surface area contributed by atoms with Gasteiger partial charge in [0.15, 0.2) is 5.92 Å². The summed E-state index contributed by atoms with van der Waals surface area (Å²) in [5, 5.41) is 8.47. The summed E-state index contributed by atoms with van der Waals surface area (Å²) in [5.41, 5.74) is 0.814. The zero-order valence-corrected chi connectivity index (χ0v) is 9.28. The first-order valence-electron chi connectivity index (χ1n) is 4.97. The van der Waals surface area contributed by atoms with Crippen molar-refractivity contribution in [1.29, 1.82) is 5.26 Å². The van der Waals surface area contributed by atoms with Crippen LogP contribution in [0.5, 0.6) is 0 Å². The van der Waals surface area contributed by atoms with Gasteiger partial charge in [-0.25, -0.2) is 0 Å². The minimum atomic E-state index is -4.47. The van der Waals surface area contributed by atoms with Crippen LogP contribution in [-0.4, -0.2) is 29.7 Å². The van der Waals surface area contributed by atoms with Crippen LogP contribution >= 0.6 is 0 Å². The van der Waals surface area contributed by atoms with Gasteiger partial charge in [0.2, 0.25) is 0 Å². The minimum absolute atomic E-state index is 0.335. The van der Waals surface area contributed by atoms with Gasteiger partial charge < -0.3 is 4.90 Å². The molecule has 3 nitrogen and oxygen atoms in total. The molecule has 1 aromatic heterocycles. The zero-order chi connectivity index (χ0) is 12.9. The molecule has 0 radical (unpaired) electrons. The molecule has 0 saturated carbocycles. The predicted octanol–water partition coefficient (Wildman–Crippen LogP) is 2.22. The Morgan fingerprint density at radius 1 is 1.53 bits per heavy atom. The number of nitriles is 1. The Hall–Kier alpha value is -1.61. The Balaban J connectivity index is 2.55. The monoisotopic (exact) mass is 243 g/mol. The second kappa shape index (κ2) is 5.64. The Morgan fingerprint density at radius 3 is 2.71 bits per heavy atom. The summed E-state index contributed by atoms with van der Waals surface area (Å²) in [7, 11) is 1.54. The molecule has 0 aliphatic rings. The van der Waals surface area contributed by atoms with E-state index in [1.165, 1.54) is 11.0 Å². The van der Waals surface area contributed by atoms with E-state index >= 15 is 0 Å². The molecule has 1 aromatic rings. The number of hydrogen-bond acceptors (Lipinski definition) is 3. The van der Waals surface area contributed by atoms with Crippen molar-refractivity contribution >= 4 is 0 Å². The van der Waals surface area contributed by atoms with Crippen molar-refractivity contribution in [3.8, 4) is 6.07 Å². The van der Waals surface area contributed by atoms with Gasteiger partial charge in [-0.05, 0) is 18.7 Å². The van der Waals surface area contributed by atoms with E-state index in [0.29, 0.717) is 6.54 Å². The van der Waals surface area contributed by atoms with Crippen molar-refractivity contribution in [3.63, 3.8) is 0 Å². The first-order valence-corrected chi connectivity index (χ1v) is 4.97. The van der Waals surface area contributed by atoms with Crippen molar-refractivity contribution < 1.29 is 13.2 Å². The van der Waals surface area contributed by atoms with Crippen LogP contribution < -0.4 is 0 Å². The van der Waals surface area contributed by atoms with Crippen molar-refractivity contribution in [3.05, 3.63) is 30.1 Å². The predicted molar refractivity (Wildman–Crippen MR) is 55.7 cm³/mol. The lowest BCUT2D eigenvalue weighted by molar-refractivity contribution is -0.162. The third-order valence-corrected chi connectivity index (χ3v) is 2.22. The van der Waals surface area contributed by atoms with Gasteiger partial charge in [-0.2, -0.15) is 18.4 Å². The minimum Gasteiger partial charge on any atom is -0.300 e. The van der Waals surface area contributed by atoms with Gasteiger partial charge in [0.1, 0.15) is 0 Å². The van der Waals surface area contributed by atoms with E-state index in [9.17, 15) is 13.2 Å². The molecular formula is C11H12F3N3. The van der Waals surface area contributed by atoms with Crippen molar-refractivity contribution in [2.75, 3.05) is 13.6 Å². The Kier molecular flexibility index (Phi) is 4.46. The highest BCUT2D eigenvalue weighted by Crippen LogP contribution is 2.26. The zero-order valence-electron chi connectivity index (χ0n) is 9.28. The van der Waals surface area contributed by atoms with Gasteiger partial charge in [0, 0.05) is 25.5 Å². The second-order valence-corrected chi connectivity index (χ2v) is 3.78. The quantitative estimate of drug-likeness (QED) is 0.814. The molecule has 0 aliphatic heterocycles. The molecule has 0 spiro atoms. The van der Waals surface area contributed by atoms with E-state index in [2.05, 4.69) is 4.98 Å². The fourth-order valence-corrected chi connectivity index (χ4v) is 1.40. The first-order chi connectivity index (χ1) is 7.93. The maximum Gasteiger partial charge on any atom is 0.405 e. The van der Waals surface area contributed by atoms with E-state index < -0.39 is 12.1 Å². The number of rotatable bonds is 4. The SMILES string of the molecule is CN(Cc1cccnc1)CC(C#N)C(F)(F)F. The number of pyridine rings is 1.